The zero-order valence-corrected chi connectivity index (χ0v) is 6.70. The highest BCUT2D eigenvalue weighted by atomic mass is 16.6. The molecule has 0 radical (unpaired) electrons. The molecular formula is C8H10N2O2. The molecule has 4 nitrogen and oxygen atoms in total. The number of amides is 1. The minimum absolute atomic E-state index is 0.372. The van der Waals surface area contributed by atoms with E-state index in [-0.39, 0.29) is 0 Å². The number of ether oxygens (including phenoxy) is 1. The predicted octanol–water partition coefficient (Wildman–Crippen LogP) is 0.987. The third-order valence-corrected chi connectivity index (χ3v) is 1.33. The molecule has 0 saturated heterocycles. The lowest BCUT2D eigenvalue weighted by Gasteiger charge is -2.04. The van der Waals surface area contributed by atoms with Gasteiger partial charge in [-0.15, -0.1) is 0 Å². The number of nitrogens with one attached hydrogen (secondary N) is 1. The quantitative estimate of drug-likeness (QED) is 0.611. The molecule has 1 aromatic carbocycles. The second kappa shape index (κ2) is 3.61. The van der Waals surface area contributed by atoms with Crippen molar-refractivity contribution in [2.75, 3.05) is 12.8 Å². The summed E-state index contributed by atoms with van der Waals surface area (Å²) in [5, 5.41) is 2.32. The Balaban J connectivity index is 2.75. The van der Waals surface area contributed by atoms with E-state index in [0.29, 0.717) is 11.4 Å². The maximum absolute atomic E-state index is 10.7. The first-order valence-corrected chi connectivity index (χ1v) is 3.48. The first kappa shape index (κ1) is 8.39. The van der Waals surface area contributed by atoms with E-state index in [9.17, 15) is 4.79 Å². The van der Waals surface area contributed by atoms with Crippen LogP contribution in [0.4, 0.5) is 10.5 Å². The van der Waals surface area contributed by atoms with Crippen LogP contribution in [0.5, 0.6) is 5.75 Å². The molecule has 0 aliphatic rings. The van der Waals surface area contributed by atoms with Gasteiger partial charge in [-0.2, -0.15) is 0 Å². The molecule has 4 heteroatoms. The third-order valence-electron chi connectivity index (χ3n) is 1.33. The molecule has 1 aromatic rings. The summed E-state index contributed by atoms with van der Waals surface area (Å²) in [6.45, 7) is 0. The fourth-order valence-electron chi connectivity index (χ4n) is 0.724. The molecule has 0 aliphatic heterocycles. The summed E-state index contributed by atoms with van der Waals surface area (Å²) in [7, 11) is 1.49. The van der Waals surface area contributed by atoms with Gasteiger partial charge in [0, 0.05) is 7.05 Å². The van der Waals surface area contributed by atoms with Crippen molar-refractivity contribution in [2.45, 2.75) is 0 Å². The van der Waals surface area contributed by atoms with Gasteiger partial charge in [-0.3, -0.25) is 0 Å². The highest BCUT2D eigenvalue weighted by Gasteiger charge is 2.02. The van der Waals surface area contributed by atoms with Gasteiger partial charge < -0.3 is 15.8 Å². The van der Waals surface area contributed by atoms with E-state index in [1.807, 2.05) is 0 Å². The Morgan fingerprint density at radius 2 is 2.17 bits per heavy atom. The molecule has 0 atom stereocenters. The van der Waals surface area contributed by atoms with Crippen molar-refractivity contribution in [3.8, 4) is 5.75 Å². The van der Waals surface area contributed by atoms with Crippen LogP contribution in [0.1, 0.15) is 0 Å². The molecule has 0 spiro atoms. The molecule has 3 N–H and O–H groups in total. The summed E-state index contributed by atoms with van der Waals surface area (Å²) in [4.78, 5) is 10.7. The second-order valence-electron chi connectivity index (χ2n) is 2.18. The topological polar surface area (TPSA) is 64.3 Å². The molecular weight excluding hydrogens is 156 g/mol. The number of benzene rings is 1. The fraction of sp³-hybridized carbons (Fsp3) is 0.125. The predicted molar refractivity (Wildman–Crippen MR) is 45.9 cm³/mol. The molecule has 1 rings (SSSR count). The summed E-state index contributed by atoms with van der Waals surface area (Å²) in [6.07, 6.45) is -0.520. The molecule has 0 fully saturated rings. The monoisotopic (exact) mass is 166 g/mol. The molecule has 0 aromatic heterocycles. The van der Waals surface area contributed by atoms with Gasteiger partial charge in [-0.05, 0) is 12.1 Å². The van der Waals surface area contributed by atoms with Crippen LogP contribution < -0.4 is 15.8 Å². The Labute approximate surface area is 70.3 Å². The van der Waals surface area contributed by atoms with E-state index in [1.54, 1.807) is 24.3 Å². The van der Waals surface area contributed by atoms with Crippen molar-refractivity contribution in [1.82, 2.24) is 5.32 Å². The van der Waals surface area contributed by atoms with Crippen LogP contribution in [0.15, 0.2) is 24.3 Å². The first-order valence-electron chi connectivity index (χ1n) is 3.48. The number of nitrogen functional groups attached to an aromatic ring is 1. The van der Waals surface area contributed by atoms with Gasteiger partial charge in [0.25, 0.3) is 0 Å². The Morgan fingerprint density at radius 1 is 1.50 bits per heavy atom. The lowest BCUT2D eigenvalue weighted by molar-refractivity contribution is 0.203. The zero-order chi connectivity index (χ0) is 8.97. The number of para-hydroxylation sites is 2. The molecule has 0 aliphatic carbocycles. The highest BCUT2D eigenvalue weighted by Crippen LogP contribution is 2.19. The number of nitrogens with two attached hydrogens (primary N) is 1. The van der Waals surface area contributed by atoms with Crippen LogP contribution in [0, 0.1) is 0 Å². The van der Waals surface area contributed by atoms with E-state index < -0.39 is 6.09 Å². The number of carbonyl (C=O) groups is 1. The zero-order valence-electron chi connectivity index (χ0n) is 6.70. The number of anilines is 1. The number of carbonyl (C=O) groups excluding carboxylic acids is 1. The van der Waals surface area contributed by atoms with Crippen molar-refractivity contribution >= 4 is 11.8 Å². The van der Waals surface area contributed by atoms with Crippen molar-refractivity contribution < 1.29 is 9.53 Å². The number of rotatable bonds is 1. The summed E-state index contributed by atoms with van der Waals surface area (Å²) < 4.78 is 4.82. The van der Waals surface area contributed by atoms with Gasteiger partial charge in [0.2, 0.25) is 0 Å². The number of hydrogen-bond acceptors (Lipinski definition) is 3. The van der Waals surface area contributed by atoms with Gasteiger partial charge in [-0.25, -0.2) is 4.79 Å². The average molecular weight is 166 g/mol. The van der Waals surface area contributed by atoms with E-state index in [0.717, 1.165) is 0 Å². The molecule has 1 amide bonds. The lowest BCUT2D eigenvalue weighted by Crippen LogP contribution is -2.22. The molecule has 0 unspecified atom stereocenters. The smallest absolute Gasteiger partial charge is 0.408 e. The SMILES string of the molecule is CNC(=O)Oc1ccccc1N. The van der Waals surface area contributed by atoms with Crippen LogP contribution in [0.3, 0.4) is 0 Å². The Morgan fingerprint density at radius 3 is 2.75 bits per heavy atom. The lowest BCUT2D eigenvalue weighted by atomic mass is 10.3. The highest BCUT2D eigenvalue weighted by molar-refractivity contribution is 5.72. The molecule has 12 heavy (non-hydrogen) atoms. The van der Waals surface area contributed by atoms with Crippen molar-refractivity contribution in [3.63, 3.8) is 0 Å². The Kier molecular flexibility index (Phi) is 2.53. The van der Waals surface area contributed by atoms with Crippen molar-refractivity contribution in [1.29, 1.82) is 0 Å². The maximum atomic E-state index is 10.7. The van der Waals surface area contributed by atoms with E-state index in [4.69, 9.17) is 10.5 Å². The van der Waals surface area contributed by atoms with Crippen molar-refractivity contribution in [2.24, 2.45) is 0 Å². The van der Waals surface area contributed by atoms with Gasteiger partial charge >= 0.3 is 6.09 Å². The molecule has 64 valence electrons. The maximum Gasteiger partial charge on any atom is 0.412 e. The standard InChI is InChI=1S/C8H10N2O2/c1-10-8(11)12-7-5-3-2-4-6(7)9/h2-5H,9H2,1H3,(H,10,11). The second-order valence-corrected chi connectivity index (χ2v) is 2.18. The van der Waals surface area contributed by atoms with Gasteiger partial charge in [0.15, 0.2) is 5.75 Å². The Hall–Kier alpha value is -1.71. The van der Waals surface area contributed by atoms with Crippen LogP contribution in [0.25, 0.3) is 0 Å². The molecule has 0 bridgehead atoms. The van der Waals surface area contributed by atoms with Crippen LogP contribution in [-0.4, -0.2) is 13.1 Å². The fourth-order valence-corrected chi connectivity index (χ4v) is 0.724. The summed E-state index contributed by atoms with van der Waals surface area (Å²) in [5.74, 6) is 0.372. The summed E-state index contributed by atoms with van der Waals surface area (Å²) in [6, 6.07) is 6.81. The average Bonchev–Trinajstić information content (AvgIpc) is 2.09. The summed E-state index contributed by atoms with van der Waals surface area (Å²) in [5.41, 5.74) is 5.96. The number of hydrogen-bond donors (Lipinski definition) is 2. The van der Waals surface area contributed by atoms with Crippen molar-refractivity contribution in [3.05, 3.63) is 24.3 Å². The van der Waals surface area contributed by atoms with E-state index >= 15 is 0 Å². The molecule has 0 heterocycles. The van der Waals surface area contributed by atoms with Crippen LogP contribution in [-0.2, 0) is 0 Å². The van der Waals surface area contributed by atoms with Gasteiger partial charge in [0.05, 0.1) is 5.69 Å². The van der Waals surface area contributed by atoms with Gasteiger partial charge in [-0.1, -0.05) is 12.1 Å². The van der Waals surface area contributed by atoms with Crippen LogP contribution in [0.2, 0.25) is 0 Å². The molecule has 0 saturated carbocycles. The van der Waals surface area contributed by atoms with Gasteiger partial charge in [0.1, 0.15) is 0 Å². The third kappa shape index (κ3) is 1.88. The first-order chi connectivity index (χ1) is 5.74. The largest absolute Gasteiger partial charge is 0.412 e. The Bertz CT molecular complexity index is 286. The minimum Gasteiger partial charge on any atom is -0.408 e. The summed E-state index contributed by atoms with van der Waals surface area (Å²) >= 11 is 0. The minimum atomic E-state index is -0.520. The normalized spacial score (nSPS) is 9.08. The van der Waals surface area contributed by atoms with Crippen LogP contribution >= 0.6 is 0 Å². The van der Waals surface area contributed by atoms with E-state index in [1.165, 1.54) is 7.05 Å². The van der Waals surface area contributed by atoms with E-state index in [2.05, 4.69) is 5.32 Å².